The summed E-state index contributed by atoms with van der Waals surface area (Å²) in [6.07, 6.45) is -6.74. The number of rotatable bonds is 5. The Morgan fingerprint density at radius 3 is 2.28 bits per heavy atom. The summed E-state index contributed by atoms with van der Waals surface area (Å²) in [7, 11) is 0. The molecule has 12 heteroatoms. The zero-order valence-corrected chi connectivity index (χ0v) is 21.9. The Balaban J connectivity index is 1.24. The maximum atomic E-state index is 13.1. The van der Waals surface area contributed by atoms with Crippen LogP contribution in [0.15, 0.2) is 18.2 Å². The Kier molecular flexibility index (Phi) is 7.26. The average molecular weight is 567 g/mol. The summed E-state index contributed by atoms with van der Waals surface area (Å²) < 4.78 is 96.5. The van der Waals surface area contributed by atoms with E-state index in [1.54, 1.807) is 0 Å². The molecule has 39 heavy (non-hydrogen) atoms. The molecular weight excluding hydrogens is 534 g/mol. The lowest BCUT2D eigenvalue weighted by atomic mass is 9.57. The Bertz CT molecular complexity index is 1060. The lowest BCUT2D eigenvalue weighted by Gasteiger charge is -2.60. The molecule has 5 aliphatic rings. The Morgan fingerprint density at radius 1 is 0.974 bits per heavy atom. The van der Waals surface area contributed by atoms with E-state index in [9.17, 15) is 31.1 Å². The highest BCUT2D eigenvalue weighted by atomic mass is 19.4. The zero-order chi connectivity index (χ0) is 28.4. The van der Waals surface area contributed by atoms with Gasteiger partial charge in [0.15, 0.2) is 11.9 Å². The molecule has 8 atom stereocenters. The van der Waals surface area contributed by atoms with Crippen LogP contribution in [0.3, 0.4) is 0 Å². The Labute approximate surface area is 222 Å². The van der Waals surface area contributed by atoms with Crippen LogP contribution in [0.25, 0.3) is 0 Å². The van der Waals surface area contributed by atoms with Crippen molar-refractivity contribution < 1.29 is 55.1 Å². The molecule has 2 bridgehead atoms. The highest BCUT2D eigenvalue weighted by Gasteiger charge is 2.69. The van der Waals surface area contributed by atoms with Crippen LogP contribution in [0.5, 0.6) is 0 Å². The quantitative estimate of drug-likeness (QED) is 0.167. The van der Waals surface area contributed by atoms with Gasteiger partial charge in [0, 0.05) is 12.3 Å². The van der Waals surface area contributed by atoms with Gasteiger partial charge in [0.25, 0.3) is 0 Å². The molecule has 218 valence electrons. The van der Waals surface area contributed by atoms with Gasteiger partial charge in [-0.2, -0.15) is 26.3 Å². The van der Waals surface area contributed by atoms with Crippen LogP contribution in [0.2, 0.25) is 0 Å². The first kappa shape index (κ1) is 28.6. The summed E-state index contributed by atoms with van der Waals surface area (Å²) in [6.45, 7) is 5.92. The van der Waals surface area contributed by atoms with Crippen LogP contribution >= 0.6 is 0 Å². The minimum absolute atomic E-state index is 0.0284. The van der Waals surface area contributed by atoms with Crippen molar-refractivity contribution in [2.24, 2.45) is 23.7 Å². The molecular formula is C27H32F6O6. The topological polar surface area (TPSA) is 63.2 Å². The molecule has 1 aliphatic carbocycles. The normalized spacial score (nSPS) is 38.2. The SMILES string of the molecule is C[C@H]1[C@@H](CCCOC(=O)c2cc(C(F)(F)F)cc(C(F)(F)F)c2)OC2OC3(C)CC[C@H]4[C@H](C)CC[C@@H]1[C@@]24OO3. The van der Waals surface area contributed by atoms with E-state index in [1.165, 1.54) is 0 Å². The molecule has 4 aliphatic heterocycles. The van der Waals surface area contributed by atoms with Crippen molar-refractivity contribution in [3.63, 3.8) is 0 Å². The van der Waals surface area contributed by atoms with E-state index in [0.717, 1.165) is 19.3 Å². The van der Waals surface area contributed by atoms with E-state index in [4.69, 9.17) is 24.0 Å². The molecule has 0 radical (unpaired) electrons. The van der Waals surface area contributed by atoms with E-state index in [-0.39, 0.29) is 36.5 Å². The van der Waals surface area contributed by atoms with Crippen LogP contribution in [0.4, 0.5) is 26.3 Å². The molecule has 1 aromatic carbocycles. The van der Waals surface area contributed by atoms with Crippen molar-refractivity contribution in [3.05, 3.63) is 34.9 Å². The molecule has 4 heterocycles. The fourth-order valence-corrected chi connectivity index (χ4v) is 6.91. The van der Waals surface area contributed by atoms with E-state index < -0.39 is 52.7 Å². The monoisotopic (exact) mass is 566 g/mol. The van der Waals surface area contributed by atoms with Gasteiger partial charge in [-0.05, 0) is 75.0 Å². The lowest BCUT2D eigenvalue weighted by molar-refractivity contribution is -0.571. The van der Waals surface area contributed by atoms with Crippen LogP contribution in [0.1, 0.15) is 80.8 Å². The minimum atomic E-state index is -5.05. The number of hydrogen-bond acceptors (Lipinski definition) is 6. The van der Waals surface area contributed by atoms with E-state index in [0.29, 0.717) is 37.3 Å². The van der Waals surface area contributed by atoms with Crippen molar-refractivity contribution in [1.29, 1.82) is 0 Å². The molecule has 1 saturated carbocycles. The molecule has 1 spiro atoms. The first-order valence-corrected chi connectivity index (χ1v) is 13.3. The van der Waals surface area contributed by atoms with E-state index in [1.807, 2.05) is 6.92 Å². The van der Waals surface area contributed by atoms with Crippen molar-refractivity contribution in [1.82, 2.24) is 0 Å². The molecule has 0 amide bonds. The third-order valence-electron chi connectivity index (χ3n) is 8.98. The number of halogens is 6. The third-order valence-corrected chi connectivity index (χ3v) is 8.98. The molecule has 2 unspecified atom stereocenters. The summed E-state index contributed by atoms with van der Waals surface area (Å²) in [4.78, 5) is 24.3. The maximum absolute atomic E-state index is 13.1. The predicted octanol–water partition coefficient (Wildman–Crippen LogP) is 6.91. The van der Waals surface area contributed by atoms with Crippen LogP contribution < -0.4 is 0 Å². The summed E-state index contributed by atoms with van der Waals surface area (Å²) in [5.41, 5.74) is -4.66. The number of ether oxygens (including phenoxy) is 3. The zero-order valence-electron chi connectivity index (χ0n) is 21.9. The summed E-state index contributed by atoms with van der Waals surface area (Å²) in [5.74, 6) is -1.38. The highest BCUT2D eigenvalue weighted by molar-refractivity contribution is 5.90. The van der Waals surface area contributed by atoms with Gasteiger partial charge < -0.3 is 14.2 Å². The van der Waals surface area contributed by atoms with Gasteiger partial charge in [-0.3, -0.25) is 0 Å². The summed E-state index contributed by atoms with van der Waals surface area (Å²) in [5, 5.41) is 0. The smallest absolute Gasteiger partial charge is 0.416 e. The third kappa shape index (κ3) is 5.17. The first-order chi connectivity index (χ1) is 18.1. The lowest BCUT2D eigenvalue weighted by Crippen LogP contribution is -2.70. The van der Waals surface area contributed by atoms with Gasteiger partial charge in [-0.15, -0.1) is 0 Å². The molecule has 4 saturated heterocycles. The molecule has 0 N–H and O–H groups in total. The van der Waals surface area contributed by atoms with Crippen LogP contribution in [-0.2, 0) is 36.3 Å². The van der Waals surface area contributed by atoms with Crippen molar-refractivity contribution in [2.45, 2.75) is 95.4 Å². The maximum Gasteiger partial charge on any atom is 0.416 e. The van der Waals surface area contributed by atoms with E-state index in [2.05, 4.69) is 13.8 Å². The predicted molar refractivity (Wildman–Crippen MR) is 123 cm³/mol. The number of benzene rings is 1. The van der Waals surface area contributed by atoms with Gasteiger partial charge in [0.05, 0.1) is 29.4 Å². The minimum Gasteiger partial charge on any atom is -0.462 e. The molecule has 5 fully saturated rings. The molecule has 0 aromatic heterocycles. The summed E-state index contributed by atoms with van der Waals surface area (Å²) >= 11 is 0. The number of hydrogen-bond donors (Lipinski definition) is 0. The van der Waals surface area contributed by atoms with E-state index >= 15 is 0 Å². The largest absolute Gasteiger partial charge is 0.462 e. The van der Waals surface area contributed by atoms with Gasteiger partial charge in [0.1, 0.15) is 0 Å². The molecule has 6 rings (SSSR count). The second kappa shape index (κ2) is 9.88. The molecule has 6 nitrogen and oxygen atoms in total. The Morgan fingerprint density at radius 2 is 1.64 bits per heavy atom. The van der Waals surface area contributed by atoms with Gasteiger partial charge in [-0.1, -0.05) is 13.8 Å². The number of fused-ring (bicyclic) bond motifs is 2. The fraction of sp³-hybridized carbons (Fsp3) is 0.741. The van der Waals surface area contributed by atoms with Gasteiger partial charge in [0.2, 0.25) is 5.79 Å². The van der Waals surface area contributed by atoms with Crippen molar-refractivity contribution >= 4 is 5.97 Å². The number of alkyl halides is 6. The number of carbonyl (C=O) groups excluding carboxylic acids is 1. The van der Waals surface area contributed by atoms with Crippen molar-refractivity contribution in [2.75, 3.05) is 6.61 Å². The summed E-state index contributed by atoms with van der Waals surface area (Å²) in [6, 6.07) is 0.704. The highest BCUT2D eigenvalue weighted by Crippen LogP contribution is 2.60. The van der Waals surface area contributed by atoms with Gasteiger partial charge >= 0.3 is 18.3 Å². The second-order valence-electron chi connectivity index (χ2n) is 11.5. The van der Waals surface area contributed by atoms with Gasteiger partial charge in [-0.25, -0.2) is 14.6 Å². The number of esters is 1. The second-order valence-corrected chi connectivity index (χ2v) is 11.5. The first-order valence-electron chi connectivity index (χ1n) is 13.3. The molecule has 1 aromatic rings. The average Bonchev–Trinajstić information content (AvgIpc) is 3.09. The van der Waals surface area contributed by atoms with Crippen molar-refractivity contribution in [3.8, 4) is 0 Å². The number of carbonyl (C=O) groups is 1. The fourth-order valence-electron chi connectivity index (χ4n) is 6.91. The Hall–Kier alpha value is -1.89. The van der Waals surface area contributed by atoms with Crippen LogP contribution in [0, 0.1) is 23.7 Å². The standard InChI is InChI=1S/C27H32F6O6/c1-14-6-7-20-15(2)21(36-23-25(20)19(14)8-9-24(3,37-23)38-39-25)5-4-10-35-22(34)16-11-17(26(28,29)30)13-18(12-16)27(31,32)33/h11-15,19-21,23H,4-10H2,1-3H3/t14-,15-,19+,20+,21-,23?,24?,25-/m1/s1. The van der Waals surface area contributed by atoms with Crippen LogP contribution in [-0.4, -0.2) is 36.4 Å².